The zero-order valence-corrected chi connectivity index (χ0v) is 10.8. The van der Waals surface area contributed by atoms with Crippen molar-refractivity contribution in [2.24, 2.45) is 11.7 Å². The largest absolute Gasteiger partial charge is 0.481 e. The Morgan fingerprint density at radius 2 is 1.62 bits per heavy atom. The fraction of sp³-hybridized carbons (Fsp3) is 0.385. The van der Waals surface area contributed by atoms with Gasteiger partial charge < -0.3 is 15.9 Å². The summed E-state index contributed by atoms with van der Waals surface area (Å²) in [6.45, 7) is 0. The predicted octanol–water partition coefficient (Wildman–Crippen LogP) is 1.75. The highest BCUT2D eigenvalue weighted by molar-refractivity contribution is 5.76. The van der Waals surface area contributed by atoms with E-state index < -0.39 is 35.6 Å². The molecular formula is C13H14F3NO4. The minimum atomic E-state index is -4.46. The molecule has 21 heavy (non-hydrogen) atoms. The summed E-state index contributed by atoms with van der Waals surface area (Å²) in [5, 5.41) is 17.7. The first-order chi connectivity index (χ1) is 9.61. The van der Waals surface area contributed by atoms with Crippen molar-refractivity contribution in [1.29, 1.82) is 0 Å². The molecule has 8 heteroatoms. The third-order valence-corrected chi connectivity index (χ3v) is 2.97. The number of halogens is 3. The van der Waals surface area contributed by atoms with Crippen molar-refractivity contribution >= 4 is 11.9 Å². The Kier molecular flexibility index (Phi) is 5.31. The first-order valence-corrected chi connectivity index (χ1v) is 5.98. The maximum atomic E-state index is 12.4. The lowest BCUT2D eigenvalue weighted by Crippen LogP contribution is -2.35. The molecule has 1 rings (SSSR count). The molecule has 0 aliphatic carbocycles. The van der Waals surface area contributed by atoms with Gasteiger partial charge in [0.25, 0.3) is 0 Å². The second kappa shape index (κ2) is 6.57. The van der Waals surface area contributed by atoms with Crippen LogP contribution in [-0.4, -0.2) is 28.2 Å². The summed E-state index contributed by atoms with van der Waals surface area (Å²) in [5.41, 5.74) is 4.81. The van der Waals surface area contributed by atoms with Crippen LogP contribution >= 0.6 is 0 Å². The van der Waals surface area contributed by atoms with Gasteiger partial charge in [-0.25, -0.2) is 0 Å². The van der Waals surface area contributed by atoms with Gasteiger partial charge in [0.15, 0.2) is 0 Å². The monoisotopic (exact) mass is 305 g/mol. The lowest BCUT2D eigenvalue weighted by molar-refractivity contribution is -0.143. The number of benzene rings is 1. The summed E-state index contributed by atoms with van der Waals surface area (Å²) in [6.07, 6.45) is -4.85. The Morgan fingerprint density at radius 1 is 1.10 bits per heavy atom. The van der Waals surface area contributed by atoms with Crippen LogP contribution in [0.15, 0.2) is 24.3 Å². The molecule has 0 fully saturated rings. The average Bonchev–Trinajstić information content (AvgIpc) is 2.37. The predicted molar refractivity (Wildman–Crippen MR) is 66.5 cm³/mol. The van der Waals surface area contributed by atoms with Crippen molar-refractivity contribution in [2.75, 3.05) is 0 Å². The summed E-state index contributed by atoms with van der Waals surface area (Å²) in [4.78, 5) is 21.7. The van der Waals surface area contributed by atoms with Gasteiger partial charge in [0, 0.05) is 0 Å². The van der Waals surface area contributed by atoms with E-state index >= 15 is 0 Å². The van der Waals surface area contributed by atoms with Crippen LogP contribution in [0.1, 0.15) is 17.5 Å². The molecule has 0 radical (unpaired) electrons. The first-order valence-electron chi connectivity index (χ1n) is 5.98. The Bertz CT molecular complexity index is 513. The summed E-state index contributed by atoms with van der Waals surface area (Å²) >= 11 is 0. The van der Waals surface area contributed by atoms with Crippen molar-refractivity contribution in [3.8, 4) is 0 Å². The smallest absolute Gasteiger partial charge is 0.416 e. The molecule has 1 unspecified atom stereocenters. The number of aliphatic carboxylic acids is 2. The van der Waals surface area contributed by atoms with E-state index in [1.165, 1.54) is 12.1 Å². The Balaban J connectivity index is 2.80. The average molecular weight is 305 g/mol. The third-order valence-electron chi connectivity index (χ3n) is 2.97. The Morgan fingerprint density at radius 3 is 2.00 bits per heavy atom. The molecule has 0 aromatic heterocycles. The third kappa shape index (κ3) is 5.07. The van der Waals surface area contributed by atoms with Crippen molar-refractivity contribution in [3.63, 3.8) is 0 Å². The number of alkyl halides is 3. The zero-order chi connectivity index (χ0) is 16.2. The van der Waals surface area contributed by atoms with Gasteiger partial charge >= 0.3 is 18.1 Å². The fourth-order valence-electron chi connectivity index (χ4n) is 1.79. The van der Waals surface area contributed by atoms with E-state index in [-0.39, 0.29) is 12.8 Å². The topological polar surface area (TPSA) is 101 Å². The van der Waals surface area contributed by atoms with E-state index in [0.29, 0.717) is 5.56 Å². The van der Waals surface area contributed by atoms with Crippen molar-refractivity contribution in [2.45, 2.75) is 25.1 Å². The molecule has 0 spiro atoms. The molecule has 1 aromatic carbocycles. The second-order valence-corrected chi connectivity index (χ2v) is 4.61. The molecule has 4 N–H and O–H groups in total. The lowest BCUT2D eigenvalue weighted by Gasteiger charge is -2.15. The Labute approximate surface area is 118 Å². The van der Waals surface area contributed by atoms with Gasteiger partial charge in [-0.3, -0.25) is 9.59 Å². The molecule has 2 atom stereocenters. The second-order valence-electron chi connectivity index (χ2n) is 4.61. The van der Waals surface area contributed by atoms with Crippen LogP contribution in [0.2, 0.25) is 0 Å². The molecule has 0 aliphatic rings. The first kappa shape index (κ1) is 17.0. The Hall–Kier alpha value is -2.09. The van der Waals surface area contributed by atoms with E-state index in [2.05, 4.69) is 0 Å². The van der Waals surface area contributed by atoms with Crippen LogP contribution in [0.3, 0.4) is 0 Å². The van der Waals surface area contributed by atoms with E-state index in [0.717, 1.165) is 12.1 Å². The van der Waals surface area contributed by atoms with Crippen LogP contribution in [0.4, 0.5) is 13.2 Å². The van der Waals surface area contributed by atoms with Gasteiger partial charge in [-0.2, -0.15) is 13.2 Å². The highest BCUT2D eigenvalue weighted by atomic mass is 19.4. The van der Waals surface area contributed by atoms with Crippen molar-refractivity contribution < 1.29 is 33.0 Å². The normalized spacial score (nSPS) is 14.5. The summed E-state index contributed by atoms with van der Waals surface area (Å²) in [7, 11) is 0. The van der Waals surface area contributed by atoms with E-state index in [1.54, 1.807) is 0 Å². The van der Waals surface area contributed by atoms with Crippen LogP contribution in [0.25, 0.3) is 0 Å². The van der Waals surface area contributed by atoms with E-state index in [1.807, 2.05) is 0 Å². The highest BCUT2D eigenvalue weighted by Crippen LogP contribution is 2.29. The molecule has 116 valence electrons. The van der Waals surface area contributed by atoms with E-state index in [4.69, 9.17) is 15.9 Å². The highest BCUT2D eigenvalue weighted by Gasteiger charge is 2.30. The number of hydrogen-bond donors (Lipinski definition) is 3. The number of carboxylic acid groups (broad SMARTS) is 2. The summed E-state index contributed by atoms with van der Waals surface area (Å²) in [6, 6.07) is 2.72. The molecule has 1 aromatic rings. The van der Waals surface area contributed by atoms with Gasteiger partial charge in [0.1, 0.15) is 6.04 Å². The summed E-state index contributed by atoms with van der Waals surface area (Å²) < 4.78 is 37.2. The number of carbonyl (C=O) groups is 2. The number of hydrogen-bond acceptors (Lipinski definition) is 3. The minimum Gasteiger partial charge on any atom is -0.481 e. The fourth-order valence-corrected chi connectivity index (χ4v) is 1.79. The summed E-state index contributed by atoms with van der Waals surface area (Å²) in [5.74, 6) is -3.65. The minimum absolute atomic E-state index is 0.0888. The van der Waals surface area contributed by atoms with Gasteiger partial charge in [-0.05, 0) is 30.5 Å². The van der Waals surface area contributed by atoms with Crippen molar-refractivity contribution in [1.82, 2.24) is 0 Å². The number of carboxylic acids is 2. The molecule has 0 heterocycles. The SMILES string of the molecule is N[C@@H](CC(Cc1ccc(C(F)(F)F)cc1)C(=O)O)C(=O)O. The maximum Gasteiger partial charge on any atom is 0.416 e. The van der Waals surface area contributed by atoms with Crippen LogP contribution in [-0.2, 0) is 22.2 Å². The number of nitrogens with two attached hydrogens (primary N) is 1. The molecule has 0 saturated heterocycles. The lowest BCUT2D eigenvalue weighted by atomic mass is 9.92. The molecule has 0 saturated carbocycles. The maximum absolute atomic E-state index is 12.4. The molecule has 0 bridgehead atoms. The van der Waals surface area contributed by atoms with Gasteiger partial charge in [-0.1, -0.05) is 12.1 Å². The quantitative estimate of drug-likeness (QED) is 0.743. The van der Waals surface area contributed by atoms with Crippen LogP contribution < -0.4 is 5.73 Å². The van der Waals surface area contributed by atoms with Gasteiger partial charge in [0.05, 0.1) is 11.5 Å². The molecule has 0 aliphatic heterocycles. The van der Waals surface area contributed by atoms with Crippen LogP contribution in [0.5, 0.6) is 0 Å². The van der Waals surface area contributed by atoms with Gasteiger partial charge in [0.2, 0.25) is 0 Å². The number of rotatable bonds is 6. The standard InChI is InChI=1S/C13H14F3NO4/c14-13(15,16)9-3-1-7(2-4-9)5-8(11(18)19)6-10(17)12(20)21/h1-4,8,10H,5-6,17H2,(H,18,19)(H,20,21)/t8?,10-/m0/s1. The molecular weight excluding hydrogens is 291 g/mol. The van der Waals surface area contributed by atoms with Crippen LogP contribution in [0, 0.1) is 5.92 Å². The van der Waals surface area contributed by atoms with E-state index in [9.17, 15) is 22.8 Å². The van der Waals surface area contributed by atoms with Crippen molar-refractivity contribution in [3.05, 3.63) is 35.4 Å². The van der Waals surface area contributed by atoms with Gasteiger partial charge in [-0.15, -0.1) is 0 Å². The molecule has 5 nitrogen and oxygen atoms in total. The zero-order valence-electron chi connectivity index (χ0n) is 10.8. The molecule has 0 amide bonds.